The van der Waals surface area contributed by atoms with Gasteiger partial charge in [0.15, 0.2) is 0 Å². The highest BCUT2D eigenvalue weighted by atomic mass is 19.4. The number of rotatable bonds is 4. The number of halogens is 3. The first kappa shape index (κ1) is 18.9. The second-order valence-electron chi connectivity index (χ2n) is 6.60. The van der Waals surface area contributed by atoms with E-state index in [-0.39, 0.29) is 11.5 Å². The maximum absolute atomic E-state index is 12.3. The van der Waals surface area contributed by atoms with Crippen molar-refractivity contribution in [1.29, 1.82) is 0 Å². The lowest BCUT2D eigenvalue weighted by atomic mass is 9.74. The third-order valence-corrected chi connectivity index (χ3v) is 4.36. The highest BCUT2D eigenvalue weighted by molar-refractivity contribution is 6.47. The van der Waals surface area contributed by atoms with E-state index in [9.17, 15) is 13.2 Å². The van der Waals surface area contributed by atoms with Gasteiger partial charge in [-0.3, -0.25) is 0 Å². The van der Waals surface area contributed by atoms with Crippen LogP contribution in [0.2, 0.25) is 0 Å². The van der Waals surface area contributed by atoms with Gasteiger partial charge < -0.3 is 24.5 Å². The molecule has 0 aliphatic carbocycles. The van der Waals surface area contributed by atoms with Gasteiger partial charge in [-0.15, -0.1) is 13.2 Å². The molecule has 0 spiro atoms. The Morgan fingerprint density at radius 3 is 2.12 bits per heavy atom. The summed E-state index contributed by atoms with van der Waals surface area (Å²) in [5.41, 5.74) is 5.53. The second kappa shape index (κ2) is 6.13. The number of benzene rings is 1. The lowest BCUT2D eigenvalue weighted by Crippen LogP contribution is -2.41. The van der Waals surface area contributed by atoms with Gasteiger partial charge in [-0.25, -0.2) is 0 Å². The van der Waals surface area contributed by atoms with Crippen LogP contribution in [0.4, 0.5) is 13.2 Å². The molecule has 0 saturated carbocycles. The van der Waals surface area contributed by atoms with Crippen LogP contribution in [0, 0.1) is 0 Å². The fourth-order valence-corrected chi connectivity index (χ4v) is 2.35. The van der Waals surface area contributed by atoms with E-state index in [1.165, 1.54) is 19.2 Å². The molecule has 134 valence electrons. The Bertz CT molecular complexity index is 591. The Morgan fingerprint density at radius 2 is 1.67 bits per heavy atom. The monoisotopic (exact) mass is 347 g/mol. The Balaban J connectivity index is 2.25. The van der Waals surface area contributed by atoms with Crippen LogP contribution in [0.25, 0.3) is 0 Å². The van der Waals surface area contributed by atoms with Gasteiger partial charge in [0.05, 0.1) is 24.3 Å². The zero-order chi connectivity index (χ0) is 18.3. The van der Waals surface area contributed by atoms with Gasteiger partial charge in [-0.05, 0) is 33.8 Å². The molecular formula is C15H21BF3NO4. The van der Waals surface area contributed by atoms with Crippen molar-refractivity contribution in [1.82, 2.24) is 0 Å². The average molecular weight is 347 g/mol. The first-order chi connectivity index (χ1) is 10.9. The van der Waals surface area contributed by atoms with Crippen LogP contribution in [0.5, 0.6) is 11.5 Å². The molecule has 9 heteroatoms. The summed E-state index contributed by atoms with van der Waals surface area (Å²) < 4.78 is 57.8. The average Bonchev–Trinajstić information content (AvgIpc) is 2.65. The van der Waals surface area contributed by atoms with Gasteiger partial charge in [0, 0.05) is 11.6 Å². The molecule has 1 heterocycles. The van der Waals surface area contributed by atoms with Gasteiger partial charge in [0.1, 0.15) is 11.5 Å². The van der Waals surface area contributed by atoms with Crippen LogP contribution in [0.1, 0.15) is 39.2 Å². The van der Waals surface area contributed by atoms with Crippen molar-refractivity contribution >= 4 is 7.12 Å². The first-order valence-electron chi connectivity index (χ1n) is 7.41. The van der Waals surface area contributed by atoms with Gasteiger partial charge in [0.25, 0.3) is 0 Å². The molecule has 0 radical (unpaired) electrons. The lowest BCUT2D eigenvalue weighted by molar-refractivity contribution is -0.274. The molecule has 1 aliphatic heterocycles. The third kappa shape index (κ3) is 3.79. The minimum Gasteiger partial charge on any atom is -0.496 e. The molecule has 0 unspecified atom stereocenters. The summed E-state index contributed by atoms with van der Waals surface area (Å²) in [4.78, 5) is 0. The van der Waals surface area contributed by atoms with Crippen molar-refractivity contribution in [3.63, 3.8) is 0 Å². The van der Waals surface area contributed by atoms with Crippen LogP contribution in [0.15, 0.2) is 18.2 Å². The van der Waals surface area contributed by atoms with Crippen molar-refractivity contribution in [3.8, 4) is 11.5 Å². The van der Waals surface area contributed by atoms with Crippen molar-refractivity contribution in [2.75, 3.05) is 7.11 Å². The SMILES string of the molecule is COc1cc(OC(F)(F)F)ccc1[C@@H](N)B1OC(C)(C)C(C)(C)O1. The molecule has 2 N–H and O–H groups in total. The molecule has 1 saturated heterocycles. The van der Waals surface area contributed by atoms with Gasteiger partial charge in [0.2, 0.25) is 0 Å². The molecule has 1 aromatic rings. The number of alkyl halides is 3. The molecule has 2 rings (SSSR count). The summed E-state index contributed by atoms with van der Waals surface area (Å²) in [5, 5.41) is 0. The predicted octanol–water partition coefficient (Wildman–Crippen LogP) is 3.23. The number of hydrogen-bond donors (Lipinski definition) is 1. The summed E-state index contributed by atoms with van der Waals surface area (Å²) in [5.74, 6) is -0.955. The highest BCUT2D eigenvalue weighted by Crippen LogP contribution is 2.41. The third-order valence-electron chi connectivity index (χ3n) is 4.36. The summed E-state index contributed by atoms with van der Waals surface area (Å²) in [7, 11) is 0.589. The molecule has 5 nitrogen and oxygen atoms in total. The van der Waals surface area contributed by atoms with Crippen LogP contribution in [-0.2, 0) is 9.31 Å². The maximum Gasteiger partial charge on any atom is 0.573 e. The number of hydrogen-bond acceptors (Lipinski definition) is 5. The van der Waals surface area contributed by atoms with E-state index >= 15 is 0 Å². The zero-order valence-corrected chi connectivity index (χ0v) is 14.2. The fraction of sp³-hybridized carbons (Fsp3) is 0.600. The molecular weight excluding hydrogens is 326 g/mol. The molecule has 1 atom stereocenters. The molecule has 0 bridgehead atoms. The van der Waals surface area contributed by atoms with Crippen molar-refractivity contribution in [2.24, 2.45) is 5.73 Å². The van der Waals surface area contributed by atoms with Crippen LogP contribution >= 0.6 is 0 Å². The second-order valence-corrected chi connectivity index (χ2v) is 6.60. The van der Waals surface area contributed by atoms with Crippen molar-refractivity contribution in [2.45, 2.75) is 51.2 Å². The number of nitrogens with two attached hydrogens (primary N) is 1. The minimum atomic E-state index is -4.78. The number of methoxy groups -OCH3 is 1. The molecule has 1 aromatic carbocycles. The van der Waals surface area contributed by atoms with E-state index in [0.29, 0.717) is 5.56 Å². The van der Waals surface area contributed by atoms with Crippen LogP contribution in [0.3, 0.4) is 0 Å². The van der Waals surface area contributed by atoms with Crippen molar-refractivity contribution in [3.05, 3.63) is 23.8 Å². The Labute approximate surface area is 139 Å². The summed E-state index contributed by atoms with van der Waals surface area (Å²) in [6, 6.07) is 3.72. The molecule has 0 aromatic heterocycles. The lowest BCUT2D eigenvalue weighted by Gasteiger charge is -2.32. The van der Waals surface area contributed by atoms with Gasteiger partial charge >= 0.3 is 13.5 Å². The highest BCUT2D eigenvalue weighted by Gasteiger charge is 2.53. The Hall–Kier alpha value is -1.45. The quantitative estimate of drug-likeness (QED) is 0.848. The smallest absolute Gasteiger partial charge is 0.496 e. The topological polar surface area (TPSA) is 62.9 Å². The standard InChI is InChI=1S/C15H21BF3NO4/c1-13(2)14(3,4)24-16(23-13)12(20)10-7-6-9(8-11(10)21-5)22-15(17,18)19/h6-8,12H,20H2,1-5H3/t12-/m1/s1. The Morgan fingerprint density at radius 1 is 1.12 bits per heavy atom. The molecule has 1 fully saturated rings. The zero-order valence-electron chi connectivity index (χ0n) is 14.2. The summed E-state index contributed by atoms with van der Waals surface area (Å²) in [6.45, 7) is 7.54. The molecule has 24 heavy (non-hydrogen) atoms. The molecule has 1 aliphatic rings. The predicted molar refractivity (Wildman–Crippen MR) is 82.7 cm³/mol. The van der Waals surface area contributed by atoms with Gasteiger partial charge in [-0.2, -0.15) is 0 Å². The van der Waals surface area contributed by atoms with Gasteiger partial charge in [-0.1, -0.05) is 6.07 Å². The minimum absolute atomic E-state index is 0.166. The summed E-state index contributed by atoms with van der Waals surface area (Å²) >= 11 is 0. The molecule has 0 amide bonds. The first-order valence-corrected chi connectivity index (χ1v) is 7.41. The largest absolute Gasteiger partial charge is 0.573 e. The summed E-state index contributed by atoms with van der Waals surface area (Å²) in [6.07, 6.45) is -4.78. The maximum atomic E-state index is 12.3. The van der Waals surface area contributed by atoms with E-state index in [4.69, 9.17) is 19.8 Å². The number of ether oxygens (including phenoxy) is 2. The van der Waals surface area contributed by atoms with Crippen molar-refractivity contribution < 1.29 is 32.0 Å². The Kier molecular flexibility index (Phi) is 4.82. The fourth-order valence-electron chi connectivity index (χ4n) is 2.35. The van der Waals surface area contributed by atoms with E-state index in [1.807, 2.05) is 27.7 Å². The normalized spacial score (nSPS) is 20.8. The van der Waals surface area contributed by atoms with E-state index in [2.05, 4.69) is 4.74 Å². The van der Waals surface area contributed by atoms with E-state index in [1.54, 1.807) is 0 Å². The van der Waals surface area contributed by atoms with E-state index in [0.717, 1.165) is 6.07 Å². The van der Waals surface area contributed by atoms with Crippen LogP contribution in [-0.4, -0.2) is 31.8 Å². The van der Waals surface area contributed by atoms with E-state index < -0.39 is 30.6 Å². The van der Waals surface area contributed by atoms with Crippen LogP contribution < -0.4 is 15.2 Å².